The fourth-order valence-electron chi connectivity index (χ4n) is 4.98. The van der Waals surface area contributed by atoms with Gasteiger partial charge in [0, 0.05) is 31.7 Å². The van der Waals surface area contributed by atoms with Crippen molar-refractivity contribution in [2.45, 2.75) is 33.2 Å². The number of amides is 1. The summed E-state index contributed by atoms with van der Waals surface area (Å²) in [5.41, 5.74) is 4.72. The number of aryl methyl sites for hydroxylation is 2. The molecule has 1 aliphatic heterocycles. The fourth-order valence-corrected chi connectivity index (χ4v) is 5.10. The van der Waals surface area contributed by atoms with Crippen molar-refractivity contribution in [3.05, 3.63) is 76.6 Å². The lowest BCUT2D eigenvalue weighted by atomic mass is 9.96. The number of anilines is 1. The van der Waals surface area contributed by atoms with Gasteiger partial charge in [0.25, 0.3) is 0 Å². The number of rotatable bonds is 5. The van der Waals surface area contributed by atoms with E-state index in [1.54, 1.807) is 0 Å². The van der Waals surface area contributed by atoms with Gasteiger partial charge >= 0.3 is 0 Å². The number of carbonyl (C=O) groups is 1. The Morgan fingerprint density at radius 1 is 1.09 bits per heavy atom. The molecule has 5 rings (SSSR count). The number of piperidine rings is 1. The third kappa shape index (κ3) is 4.60. The first-order chi connectivity index (χ1) is 16.9. The Morgan fingerprint density at radius 2 is 1.83 bits per heavy atom. The molecular weight excluding hydrogens is 460 g/mol. The van der Waals surface area contributed by atoms with E-state index in [0.29, 0.717) is 18.1 Å². The van der Waals surface area contributed by atoms with Crippen LogP contribution in [0.4, 0.5) is 5.82 Å². The molecular formula is C27H29ClN6O. The minimum Gasteiger partial charge on any atom is -0.352 e. The van der Waals surface area contributed by atoms with E-state index in [2.05, 4.69) is 27.2 Å². The highest BCUT2D eigenvalue weighted by molar-refractivity contribution is 6.30. The monoisotopic (exact) mass is 488 g/mol. The van der Waals surface area contributed by atoms with Gasteiger partial charge in [0.2, 0.25) is 5.91 Å². The molecule has 1 aliphatic rings. The van der Waals surface area contributed by atoms with E-state index < -0.39 is 0 Å². The topological polar surface area (TPSA) is 67.2 Å². The second-order valence-corrected chi connectivity index (χ2v) is 9.71. The van der Waals surface area contributed by atoms with E-state index in [4.69, 9.17) is 16.7 Å². The zero-order valence-corrected chi connectivity index (χ0v) is 21.0. The average Bonchev–Trinajstić information content (AvgIpc) is 3.23. The molecule has 0 unspecified atom stereocenters. The highest BCUT2D eigenvalue weighted by Crippen LogP contribution is 2.32. The summed E-state index contributed by atoms with van der Waals surface area (Å²) < 4.78 is 1.92. The molecule has 0 bridgehead atoms. The number of nitrogens with zero attached hydrogens (tertiary/aromatic N) is 6. The molecule has 35 heavy (non-hydrogen) atoms. The van der Waals surface area contributed by atoms with Gasteiger partial charge in [-0.1, -0.05) is 41.9 Å². The standard InChI is InChI=1S/C27H29ClN6O/c1-18-24-19(2)34(23-13-11-22(28)12-14-23)31-25(24)26(30-29-18)33-15-7-10-21(17-33)27(35)32(3)16-20-8-5-4-6-9-20/h4-6,8-9,11-14,21H,7,10,15-17H2,1-3H3/t21-/m1/s1. The van der Waals surface area contributed by atoms with Crippen molar-refractivity contribution in [1.29, 1.82) is 0 Å². The minimum atomic E-state index is -0.0879. The van der Waals surface area contributed by atoms with Crippen molar-refractivity contribution >= 4 is 34.2 Å². The molecule has 0 aliphatic carbocycles. The number of hydrogen-bond donors (Lipinski definition) is 0. The van der Waals surface area contributed by atoms with Crippen molar-refractivity contribution in [1.82, 2.24) is 24.9 Å². The maximum atomic E-state index is 13.3. The Labute approximate surface area is 210 Å². The zero-order chi connectivity index (χ0) is 24.5. The van der Waals surface area contributed by atoms with Gasteiger partial charge in [-0.2, -0.15) is 10.2 Å². The Kier molecular flexibility index (Phi) is 6.43. The molecule has 0 spiro atoms. The van der Waals surface area contributed by atoms with E-state index in [1.165, 1.54) is 0 Å². The Balaban J connectivity index is 1.42. The van der Waals surface area contributed by atoms with Crippen LogP contribution in [-0.2, 0) is 11.3 Å². The van der Waals surface area contributed by atoms with Crippen LogP contribution in [0.1, 0.15) is 29.8 Å². The summed E-state index contributed by atoms with van der Waals surface area (Å²) >= 11 is 6.09. The summed E-state index contributed by atoms with van der Waals surface area (Å²) in [6.45, 7) is 6.05. The molecule has 8 heteroatoms. The normalized spacial score (nSPS) is 16.0. The van der Waals surface area contributed by atoms with Crippen molar-refractivity contribution < 1.29 is 4.79 Å². The summed E-state index contributed by atoms with van der Waals surface area (Å²) in [5.74, 6) is 0.817. The first kappa shape index (κ1) is 23.3. The Hall–Kier alpha value is -3.45. The summed E-state index contributed by atoms with van der Waals surface area (Å²) in [6, 6.07) is 17.7. The van der Waals surface area contributed by atoms with Crippen LogP contribution in [0.2, 0.25) is 5.02 Å². The van der Waals surface area contributed by atoms with Gasteiger partial charge in [0.1, 0.15) is 5.52 Å². The first-order valence-corrected chi connectivity index (χ1v) is 12.3. The molecule has 1 amide bonds. The maximum Gasteiger partial charge on any atom is 0.227 e. The summed E-state index contributed by atoms with van der Waals surface area (Å²) in [7, 11) is 1.88. The number of hydrogen-bond acceptors (Lipinski definition) is 5. The Bertz CT molecular complexity index is 1350. The summed E-state index contributed by atoms with van der Waals surface area (Å²) in [5, 5.41) is 15.6. The molecule has 1 atom stereocenters. The Morgan fingerprint density at radius 3 is 2.57 bits per heavy atom. The van der Waals surface area contributed by atoms with Crippen molar-refractivity contribution in [2.24, 2.45) is 5.92 Å². The highest BCUT2D eigenvalue weighted by Gasteiger charge is 2.31. The molecule has 4 aromatic rings. The van der Waals surface area contributed by atoms with Gasteiger partial charge in [0.05, 0.1) is 28.4 Å². The summed E-state index contributed by atoms with van der Waals surface area (Å²) in [4.78, 5) is 17.3. The van der Waals surface area contributed by atoms with Gasteiger partial charge < -0.3 is 9.80 Å². The van der Waals surface area contributed by atoms with E-state index in [1.807, 2.05) is 72.9 Å². The molecule has 1 saturated heterocycles. The van der Waals surface area contributed by atoms with Crippen LogP contribution in [0.15, 0.2) is 54.6 Å². The van der Waals surface area contributed by atoms with E-state index in [9.17, 15) is 4.79 Å². The van der Waals surface area contributed by atoms with Crippen LogP contribution in [0.3, 0.4) is 0 Å². The lowest BCUT2D eigenvalue weighted by Gasteiger charge is -2.34. The van der Waals surface area contributed by atoms with Crippen LogP contribution < -0.4 is 4.90 Å². The number of aromatic nitrogens is 4. The molecule has 180 valence electrons. The molecule has 2 aromatic heterocycles. The molecule has 1 fully saturated rings. The second-order valence-electron chi connectivity index (χ2n) is 9.27. The van der Waals surface area contributed by atoms with Gasteiger partial charge in [-0.25, -0.2) is 4.68 Å². The number of fused-ring (bicyclic) bond motifs is 1. The molecule has 0 radical (unpaired) electrons. The van der Waals surface area contributed by atoms with Crippen molar-refractivity contribution in [3.63, 3.8) is 0 Å². The van der Waals surface area contributed by atoms with Gasteiger partial charge in [-0.3, -0.25) is 4.79 Å². The molecule has 2 aromatic carbocycles. The SMILES string of the molecule is Cc1nnc(N2CCC[C@@H](C(=O)N(C)Cc3ccccc3)C2)c2nn(-c3ccc(Cl)cc3)c(C)c12. The van der Waals surface area contributed by atoms with Crippen molar-refractivity contribution in [3.8, 4) is 5.69 Å². The third-order valence-electron chi connectivity index (χ3n) is 6.76. The van der Waals surface area contributed by atoms with Crippen LogP contribution in [0.5, 0.6) is 0 Å². The second kappa shape index (κ2) is 9.66. The van der Waals surface area contributed by atoms with Crippen molar-refractivity contribution in [2.75, 3.05) is 25.0 Å². The number of carbonyl (C=O) groups excluding carboxylic acids is 1. The number of halogens is 1. The smallest absolute Gasteiger partial charge is 0.227 e. The number of benzene rings is 2. The van der Waals surface area contributed by atoms with Crippen LogP contribution >= 0.6 is 11.6 Å². The van der Waals surface area contributed by atoms with E-state index in [-0.39, 0.29) is 11.8 Å². The molecule has 0 saturated carbocycles. The molecule has 0 N–H and O–H groups in total. The summed E-state index contributed by atoms with van der Waals surface area (Å²) in [6.07, 6.45) is 1.79. The fraction of sp³-hybridized carbons (Fsp3) is 0.333. The largest absolute Gasteiger partial charge is 0.352 e. The van der Waals surface area contributed by atoms with Gasteiger partial charge in [-0.15, -0.1) is 5.10 Å². The van der Waals surface area contributed by atoms with Gasteiger partial charge in [-0.05, 0) is 56.5 Å². The van der Waals surface area contributed by atoms with Crippen LogP contribution in [-0.4, -0.2) is 50.9 Å². The zero-order valence-electron chi connectivity index (χ0n) is 20.3. The molecule has 7 nitrogen and oxygen atoms in total. The minimum absolute atomic E-state index is 0.0879. The highest BCUT2D eigenvalue weighted by atomic mass is 35.5. The van der Waals surface area contributed by atoms with Crippen LogP contribution in [0, 0.1) is 19.8 Å². The quantitative estimate of drug-likeness (QED) is 0.397. The van der Waals surface area contributed by atoms with E-state index >= 15 is 0 Å². The third-order valence-corrected chi connectivity index (χ3v) is 7.02. The lowest BCUT2D eigenvalue weighted by molar-refractivity contribution is -0.135. The average molecular weight is 489 g/mol. The first-order valence-electron chi connectivity index (χ1n) is 11.9. The van der Waals surface area contributed by atoms with Gasteiger partial charge in [0.15, 0.2) is 5.82 Å². The van der Waals surface area contributed by atoms with Crippen LogP contribution in [0.25, 0.3) is 16.6 Å². The molecule has 3 heterocycles. The maximum absolute atomic E-state index is 13.3. The van der Waals surface area contributed by atoms with E-state index in [0.717, 1.165) is 58.7 Å². The predicted octanol–water partition coefficient (Wildman–Crippen LogP) is 4.96. The lowest BCUT2D eigenvalue weighted by Crippen LogP contribution is -2.44. The predicted molar refractivity (Wildman–Crippen MR) is 139 cm³/mol.